The fourth-order valence-corrected chi connectivity index (χ4v) is 3.25. The molecule has 0 spiro atoms. The molecule has 0 aliphatic carbocycles. The van der Waals surface area contributed by atoms with Gasteiger partial charge in [0.05, 0.1) is 12.2 Å². The van der Waals surface area contributed by atoms with E-state index in [2.05, 4.69) is 58.7 Å². The summed E-state index contributed by atoms with van der Waals surface area (Å²) < 4.78 is 0. The molecule has 1 aromatic heterocycles. The van der Waals surface area contributed by atoms with Gasteiger partial charge in [0.15, 0.2) is 0 Å². The van der Waals surface area contributed by atoms with Crippen molar-refractivity contribution in [3.63, 3.8) is 0 Å². The topological polar surface area (TPSA) is 53.4 Å². The van der Waals surface area contributed by atoms with Crippen LogP contribution in [0.5, 0.6) is 5.75 Å². The third kappa shape index (κ3) is 5.57. The van der Waals surface area contributed by atoms with Crippen LogP contribution in [0.3, 0.4) is 0 Å². The first-order chi connectivity index (χ1) is 12.9. The van der Waals surface area contributed by atoms with Gasteiger partial charge >= 0.3 is 0 Å². The molecule has 0 radical (unpaired) electrons. The van der Waals surface area contributed by atoms with E-state index in [1.54, 1.807) is 11.1 Å². The number of amides is 1. The summed E-state index contributed by atoms with van der Waals surface area (Å²) in [6, 6.07) is 9.83. The van der Waals surface area contributed by atoms with Crippen LogP contribution in [0.4, 0.5) is 0 Å². The van der Waals surface area contributed by atoms with Crippen molar-refractivity contribution in [2.45, 2.75) is 71.8 Å². The molecule has 0 fully saturated rings. The zero-order chi connectivity index (χ0) is 21.1. The van der Waals surface area contributed by atoms with Crippen LogP contribution in [-0.4, -0.2) is 27.9 Å². The van der Waals surface area contributed by atoms with Crippen LogP contribution in [-0.2, 0) is 28.6 Å². The van der Waals surface area contributed by atoms with E-state index in [4.69, 9.17) is 0 Å². The molecule has 28 heavy (non-hydrogen) atoms. The second kappa shape index (κ2) is 8.34. The maximum Gasteiger partial charge on any atom is 0.222 e. The maximum absolute atomic E-state index is 12.6. The van der Waals surface area contributed by atoms with Gasteiger partial charge in [-0.15, -0.1) is 0 Å². The summed E-state index contributed by atoms with van der Waals surface area (Å²) in [7, 11) is 1.81. The average Bonchev–Trinajstić information content (AvgIpc) is 2.59. The molecule has 152 valence electrons. The minimum Gasteiger partial charge on any atom is -0.507 e. The Bertz CT molecular complexity index is 780. The first-order valence-electron chi connectivity index (χ1n) is 9.90. The average molecular weight is 383 g/mol. The summed E-state index contributed by atoms with van der Waals surface area (Å²) in [5.74, 6) is 0.468. The normalized spacial score (nSPS) is 12.1. The first-order valence-corrected chi connectivity index (χ1v) is 9.90. The molecule has 2 aromatic rings. The summed E-state index contributed by atoms with van der Waals surface area (Å²) >= 11 is 0. The summed E-state index contributed by atoms with van der Waals surface area (Å²) in [6.45, 7) is 13.1. The van der Waals surface area contributed by atoms with Gasteiger partial charge in [-0.25, -0.2) is 0 Å². The predicted octanol–water partition coefficient (Wildman–Crippen LogP) is 4.97. The third-order valence-electron chi connectivity index (χ3n) is 4.96. The predicted molar refractivity (Wildman–Crippen MR) is 115 cm³/mol. The SMILES string of the molecule is CN(Cc1ccccn1)C(=O)CCc1cc(C(C)(C)C)c(O)c(C(C)(C)C)c1. The van der Waals surface area contributed by atoms with Crippen LogP contribution in [0.2, 0.25) is 0 Å². The van der Waals surface area contributed by atoms with Crippen molar-refractivity contribution >= 4 is 5.91 Å². The maximum atomic E-state index is 12.6. The van der Waals surface area contributed by atoms with Crippen molar-refractivity contribution in [1.82, 2.24) is 9.88 Å². The van der Waals surface area contributed by atoms with Crippen LogP contribution in [0, 0.1) is 0 Å². The zero-order valence-electron chi connectivity index (χ0n) is 18.3. The lowest BCUT2D eigenvalue weighted by Gasteiger charge is -2.28. The highest BCUT2D eigenvalue weighted by molar-refractivity contribution is 5.76. The van der Waals surface area contributed by atoms with Gasteiger partial charge in [-0.05, 0) is 46.1 Å². The number of phenols is 1. The molecule has 0 unspecified atom stereocenters. The van der Waals surface area contributed by atoms with Gasteiger partial charge in [0.2, 0.25) is 5.91 Å². The lowest BCUT2D eigenvalue weighted by atomic mass is 9.78. The molecule has 0 aliphatic heterocycles. The number of hydrogen-bond acceptors (Lipinski definition) is 3. The number of carbonyl (C=O) groups is 1. The highest BCUT2D eigenvalue weighted by atomic mass is 16.3. The summed E-state index contributed by atoms with van der Waals surface area (Å²) in [6.07, 6.45) is 2.82. The molecule has 4 heteroatoms. The van der Waals surface area contributed by atoms with Crippen molar-refractivity contribution in [3.05, 3.63) is 58.9 Å². The molecule has 0 saturated heterocycles. The van der Waals surface area contributed by atoms with Crippen molar-refractivity contribution in [3.8, 4) is 5.75 Å². The summed E-state index contributed by atoms with van der Waals surface area (Å²) in [5.41, 5.74) is 3.51. The van der Waals surface area contributed by atoms with Crippen molar-refractivity contribution in [1.29, 1.82) is 0 Å². The van der Waals surface area contributed by atoms with E-state index in [0.29, 0.717) is 25.1 Å². The third-order valence-corrected chi connectivity index (χ3v) is 4.96. The van der Waals surface area contributed by atoms with Crippen LogP contribution in [0.25, 0.3) is 0 Å². The van der Waals surface area contributed by atoms with Crippen LogP contribution < -0.4 is 0 Å². The minimum absolute atomic E-state index is 0.0911. The molecule has 2 rings (SSSR count). The molecule has 1 aromatic carbocycles. The van der Waals surface area contributed by atoms with Gasteiger partial charge in [-0.1, -0.05) is 59.7 Å². The summed E-state index contributed by atoms with van der Waals surface area (Å²) in [5, 5.41) is 10.8. The number of aromatic nitrogens is 1. The number of rotatable bonds is 5. The van der Waals surface area contributed by atoms with Crippen molar-refractivity contribution in [2.75, 3.05) is 7.05 Å². The Hall–Kier alpha value is -2.36. The molecule has 0 bridgehead atoms. The minimum atomic E-state index is -0.167. The largest absolute Gasteiger partial charge is 0.507 e. The molecular formula is C24H34N2O2. The van der Waals surface area contributed by atoms with Crippen molar-refractivity contribution < 1.29 is 9.90 Å². The number of carbonyl (C=O) groups excluding carboxylic acids is 1. The Morgan fingerprint density at radius 3 is 2.07 bits per heavy atom. The fourth-order valence-electron chi connectivity index (χ4n) is 3.25. The monoisotopic (exact) mass is 382 g/mol. The second-order valence-electron chi connectivity index (χ2n) is 9.61. The highest BCUT2D eigenvalue weighted by Gasteiger charge is 2.26. The van der Waals surface area contributed by atoms with Gasteiger partial charge in [0.1, 0.15) is 5.75 Å². The first kappa shape index (κ1) is 21.9. The van der Waals surface area contributed by atoms with Crippen molar-refractivity contribution in [2.24, 2.45) is 0 Å². The van der Waals surface area contributed by atoms with E-state index in [9.17, 15) is 9.90 Å². The molecule has 4 nitrogen and oxygen atoms in total. The number of nitrogens with zero attached hydrogens (tertiary/aromatic N) is 2. The number of pyridine rings is 1. The van der Waals surface area contributed by atoms with Gasteiger partial charge in [0, 0.05) is 19.7 Å². The molecular weight excluding hydrogens is 348 g/mol. The smallest absolute Gasteiger partial charge is 0.222 e. The molecule has 0 atom stereocenters. The number of hydrogen-bond donors (Lipinski definition) is 1. The van der Waals surface area contributed by atoms with E-state index < -0.39 is 0 Å². The van der Waals surface area contributed by atoms with E-state index in [1.165, 1.54) is 0 Å². The molecule has 1 N–H and O–H groups in total. The van der Waals surface area contributed by atoms with E-state index >= 15 is 0 Å². The number of benzene rings is 1. The molecule has 0 aliphatic rings. The van der Waals surface area contributed by atoms with E-state index in [-0.39, 0.29) is 16.7 Å². The Morgan fingerprint density at radius 2 is 1.61 bits per heavy atom. The molecule has 0 saturated carbocycles. The van der Waals surface area contributed by atoms with E-state index in [0.717, 1.165) is 22.4 Å². The lowest BCUT2D eigenvalue weighted by Crippen LogP contribution is -2.27. The quantitative estimate of drug-likeness (QED) is 0.794. The van der Waals surface area contributed by atoms with Crippen LogP contribution >= 0.6 is 0 Å². The zero-order valence-corrected chi connectivity index (χ0v) is 18.3. The number of aryl methyl sites for hydroxylation is 1. The number of phenolic OH excluding ortho intramolecular Hbond substituents is 1. The van der Waals surface area contributed by atoms with Crippen LogP contribution in [0.1, 0.15) is 70.3 Å². The Balaban J connectivity index is 2.18. The van der Waals surface area contributed by atoms with Gasteiger partial charge in [-0.2, -0.15) is 0 Å². The van der Waals surface area contributed by atoms with Gasteiger partial charge in [-0.3, -0.25) is 9.78 Å². The molecule has 1 amide bonds. The number of aromatic hydroxyl groups is 1. The van der Waals surface area contributed by atoms with Crippen LogP contribution in [0.15, 0.2) is 36.5 Å². The van der Waals surface area contributed by atoms with Gasteiger partial charge in [0.25, 0.3) is 0 Å². The second-order valence-corrected chi connectivity index (χ2v) is 9.61. The fraction of sp³-hybridized carbons (Fsp3) is 0.500. The Kier molecular flexibility index (Phi) is 6.53. The van der Waals surface area contributed by atoms with E-state index in [1.807, 2.05) is 25.2 Å². The van der Waals surface area contributed by atoms with Gasteiger partial charge < -0.3 is 10.0 Å². The lowest BCUT2D eigenvalue weighted by molar-refractivity contribution is -0.130. The Morgan fingerprint density at radius 1 is 1.04 bits per heavy atom. The molecule has 1 heterocycles. The Labute approximate surface area is 169 Å². The summed E-state index contributed by atoms with van der Waals surface area (Å²) in [4.78, 5) is 18.6. The highest BCUT2D eigenvalue weighted by Crippen LogP contribution is 2.40. The standard InChI is InChI=1S/C24H34N2O2/c1-23(2,3)19-14-17(15-20(22(19)28)24(4,5)6)11-12-21(27)26(7)16-18-10-8-9-13-25-18/h8-10,13-15,28H,11-12,16H2,1-7H3.